The monoisotopic (exact) mass is 388 g/mol. The molecule has 0 saturated heterocycles. The van der Waals surface area contributed by atoms with Gasteiger partial charge < -0.3 is 19.7 Å². The number of benzene rings is 1. The third-order valence-corrected chi connectivity index (χ3v) is 4.12. The number of carbonyl (C=O) groups excluding carboxylic acids is 3. The van der Waals surface area contributed by atoms with Crippen LogP contribution in [-0.2, 0) is 19.1 Å². The normalized spacial score (nSPS) is 10.1. The van der Waals surface area contributed by atoms with Gasteiger partial charge in [0.2, 0.25) is 11.8 Å². The maximum Gasteiger partial charge on any atom is 0.315 e. The highest BCUT2D eigenvalue weighted by Gasteiger charge is 2.15. The second kappa shape index (κ2) is 10.8. The van der Waals surface area contributed by atoms with Crippen LogP contribution in [0.4, 0.5) is 5.69 Å². The first-order valence-electron chi connectivity index (χ1n) is 7.48. The number of methoxy groups -OCH3 is 1. The third kappa shape index (κ3) is 7.66. The van der Waals surface area contributed by atoms with Crippen molar-refractivity contribution >= 4 is 46.8 Å². The number of esters is 1. The molecule has 0 fully saturated rings. The first kappa shape index (κ1) is 21.1. The van der Waals surface area contributed by atoms with E-state index in [4.69, 9.17) is 21.1 Å². The zero-order valence-corrected chi connectivity index (χ0v) is 15.9. The predicted molar refractivity (Wildman–Crippen MR) is 98.2 cm³/mol. The predicted octanol–water partition coefficient (Wildman–Crippen LogP) is 2.04. The summed E-state index contributed by atoms with van der Waals surface area (Å²) >= 11 is 7.05. The minimum absolute atomic E-state index is 0.0864. The summed E-state index contributed by atoms with van der Waals surface area (Å²) in [5, 5.41) is 3.11. The van der Waals surface area contributed by atoms with Gasteiger partial charge in [-0.3, -0.25) is 14.4 Å². The minimum atomic E-state index is -0.383. The second-order valence-corrected chi connectivity index (χ2v) is 6.36. The molecule has 0 aliphatic rings. The minimum Gasteiger partial charge on any atom is -0.495 e. The topological polar surface area (TPSA) is 84.9 Å². The Morgan fingerprint density at radius 1 is 1.28 bits per heavy atom. The van der Waals surface area contributed by atoms with Crippen molar-refractivity contribution in [1.82, 2.24) is 4.90 Å². The number of hydrogen-bond donors (Lipinski definition) is 1. The van der Waals surface area contributed by atoms with Gasteiger partial charge in [0.25, 0.3) is 0 Å². The number of thioether (sulfide) groups is 1. The maximum absolute atomic E-state index is 12.1. The van der Waals surface area contributed by atoms with E-state index < -0.39 is 0 Å². The first-order valence-corrected chi connectivity index (χ1v) is 9.01. The summed E-state index contributed by atoms with van der Waals surface area (Å²) in [6.45, 7) is 1.89. The lowest BCUT2D eigenvalue weighted by Crippen LogP contribution is -2.36. The molecule has 1 rings (SSSR count). The van der Waals surface area contributed by atoms with Crippen LogP contribution in [0.2, 0.25) is 5.02 Å². The van der Waals surface area contributed by atoms with Crippen LogP contribution in [0.5, 0.6) is 5.75 Å². The summed E-state index contributed by atoms with van der Waals surface area (Å²) in [5.41, 5.74) is 0.428. The van der Waals surface area contributed by atoms with Crippen molar-refractivity contribution in [3.05, 3.63) is 23.2 Å². The highest BCUT2D eigenvalue weighted by Crippen LogP contribution is 2.27. The molecule has 0 radical (unpaired) electrons. The highest BCUT2D eigenvalue weighted by atomic mass is 35.5. The summed E-state index contributed by atoms with van der Waals surface area (Å²) in [5.74, 6) is -0.359. The summed E-state index contributed by atoms with van der Waals surface area (Å²) in [6.07, 6.45) is 0. The summed E-state index contributed by atoms with van der Waals surface area (Å²) in [6, 6.07) is 4.85. The van der Waals surface area contributed by atoms with E-state index in [0.29, 0.717) is 23.1 Å². The van der Waals surface area contributed by atoms with Crippen molar-refractivity contribution < 1.29 is 23.9 Å². The van der Waals surface area contributed by atoms with Crippen LogP contribution in [0.1, 0.15) is 6.92 Å². The number of halogens is 1. The number of carbonyl (C=O) groups is 3. The lowest BCUT2D eigenvalue weighted by atomic mass is 10.3. The smallest absolute Gasteiger partial charge is 0.315 e. The third-order valence-electron chi connectivity index (χ3n) is 2.99. The fourth-order valence-electron chi connectivity index (χ4n) is 1.81. The Morgan fingerprint density at radius 2 is 2.00 bits per heavy atom. The van der Waals surface area contributed by atoms with Crippen LogP contribution in [-0.4, -0.2) is 61.5 Å². The van der Waals surface area contributed by atoms with E-state index >= 15 is 0 Å². The van der Waals surface area contributed by atoms with Gasteiger partial charge in [0.1, 0.15) is 5.75 Å². The first-order chi connectivity index (χ1) is 11.9. The van der Waals surface area contributed by atoms with Crippen LogP contribution in [0, 0.1) is 0 Å². The van der Waals surface area contributed by atoms with Gasteiger partial charge in [-0.1, -0.05) is 11.6 Å². The number of hydrogen-bond acceptors (Lipinski definition) is 6. The van der Waals surface area contributed by atoms with E-state index in [0.717, 1.165) is 11.8 Å². The Hall–Kier alpha value is -1.93. The van der Waals surface area contributed by atoms with Gasteiger partial charge in [-0.15, -0.1) is 11.8 Å². The summed E-state index contributed by atoms with van der Waals surface area (Å²) in [7, 11) is 3.00. The molecule has 25 heavy (non-hydrogen) atoms. The lowest BCUT2D eigenvalue weighted by Gasteiger charge is -2.17. The van der Waals surface area contributed by atoms with Gasteiger partial charge in [-0.05, 0) is 25.1 Å². The number of nitrogens with one attached hydrogen (secondary N) is 1. The Kier molecular flexibility index (Phi) is 9.15. The number of anilines is 1. The molecule has 0 aromatic heterocycles. The molecule has 0 aliphatic carbocycles. The Morgan fingerprint density at radius 3 is 2.64 bits per heavy atom. The largest absolute Gasteiger partial charge is 0.495 e. The number of amides is 2. The number of nitrogens with zero attached hydrogens (tertiary/aromatic N) is 1. The molecule has 138 valence electrons. The summed E-state index contributed by atoms with van der Waals surface area (Å²) in [4.78, 5) is 36.6. The number of rotatable bonds is 9. The van der Waals surface area contributed by atoms with E-state index in [1.165, 1.54) is 19.1 Å². The van der Waals surface area contributed by atoms with Crippen molar-refractivity contribution in [2.75, 3.05) is 44.1 Å². The average molecular weight is 389 g/mol. The van der Waals surface area contributed by atoms with Gasteiger partial charge in [0.05, 0.1) is 37.5 Å². The van der Waals surface area contributed by atoms with Crippen LogP contribution in [0.25, 0.3) is 0 Å². The fraction of sp³-hybridized carbons (Fsp3) is 0.438. The molecule has 2 amide bonds. The van der Waals surface area contributed by atoms with Crippen molar-refractivity contribution in [3.8, 4) is 5.75 Å². The second-order valence-electron chi connectivity index (χ2n) is 4.94. The molecule has 7 nitrogen and oxygen atoms in total. The number of ether oxygens (including phenoxy) is 2. The van der Waals surface area contributed by atoms with Crippen LogP contribution >= 0.6 is 23.4 Å². The molecular formula is C16H21ClN2O5S. The molecule has 0 unspecified atom stereocenters. The lowest BCUT2D eigenvalue weighted by molar-refractivity contribution is -0.139. The molecular weight excluding hydrogens is 368 g/mol. The highest BCUT2D eigenvalue weighted by molar-refractivity contribution is 8.00. The van der Waals surface area contributed by atoms with Crippen molar-refractivity contribution in [3.63, 3.8) is 0 Å². The molecule has 9 heteroatoms. The molecule has 1 aromatic carbocycles. The van der Waals surface area contributed by atoms with Crippen molar-refractivity contribution in [1.29, 1.82) is 0 Å². The van der Waals surface area contributed by atoms with Gasteiger partial charge in [-0.2, -0.15) is 0 Å². The van der Waals surface area contributed by atoms with Crippen LogP contribution in [0.15, 0.2) is 18.2 Å². The van der Waals surface area contributed by atoms with Crippen molar-refractivity contribution in [2.24, 2.45) is 0 Å². The maximum atomic E-state index is 12.1. The Balaban J connectivity index is 2.47. The summed E-state index contributed by atoms with van der Waals surface area (Å²) < 4.78 is 9.92. The molecule has 0 spiro atoms. The zero-order valence-electron chi connectivity index (χ0n) is 14.3. The van der Waals surface area contributed by atoms with E-state index in [-0.39, 0.29) is 35.8 Å². The van der Waals surface area contributed by atoms with Gasteiger partial charge >= 0.3 is 5.97 Å². The average Bonchev–Trinajstić information content (AvgIpc) is 2.55. The molecule has 0 atom stereocenters. The van der Waals surface area contributed by atoms with E-state index in [9.17, 15) is 14.4 Å². The Labute approximate surface area is 156 Å². The molecule has 0 saturated carbocycles. The van der Waals surface area contributed by atoms with Gasteiger partial charge in [-0.25, -0.2) is 0 Å². The van der Waals surface area contributed by atoms with Crippen LogP contribution in [0.3, 0.4) is 0 Å². The molecule has 1 aromatic rings. The quantitative estimate of drug-likeness (QED) is 0.651. The fourth-order valence-corrected chi connectivity index (χ4v) is 2.72. The van der Waals surface area contributed by atoms with Gasteiger partial charge in [0, 0.05) is 12.1 Å². The van der Waals surface area contributed by atoms with E-state index in [1.54, 1.807) is 25.1 Å². The molecule has 0 bridgehead atoms. The molecule has 0 aliphatic heterocycles. The zero-order chi connectivity index (χ0) is 18.8. The van der Waals surface area contributed by atoms with Crippen molar-refractivity contribution in [2.45, 2.75) is 6.92 Å². The van der Waals surface area contributed by atoms with E-state index in [2.05, 4.69) is 5.32 Å². The SMILES string of the molecule is CCOC(=O)CSCC(=O)N(C)CC(=O)Nc1cc(Cl)ccc1OC. The molecule has 0 heterocycles. The van der Waals surface area contributed by atoms with E-state index in [1.807, 2.05) is 0 Å². The molecule has 1 N–H and O–H groups in total. The van der Waals surface area contributed by atoms with Gasteiger partial charge in [0.15, 0.2) is 0 Å². The van der Waals surface area contributed by atoms with Crippen LogP contribution < -0.4 is 10.1 Å². The number of likely N-dealkylation sites (N-methyl/N-ethyl adjacent to an activating group) is 1. The standard InChI is InChI=1S/C16H21ClN2O5S/c1-4-24-16(22)10-25-9-15(21)19(2)8-14(20)18-12-7-11(17)5-6-13(12)23-3/h5-7H,4,8-10H2,1-3H3,(H,18,20). The Bertz CT molecular complexity index is 627.